The minimum Gasteiger partial charge on any atom is -0.298 e. The zero-order chi connectivity index (χ0) is 14.3. The highest BCUT2D eigenvalue weighted by molar-refractivity contribution is 7.16. The van der Waals surface area contributed by atoms with Crippen LogP contribution in [0.1, 0.15) is 35.2 Å². The van der Waals surface area contributed by atoms with E-state index in [0.29, 0.717) is 24.8 Å². The molecular weight excluding hydrogens is 274 g/mol. The van der Waals surface area contributed by atoms with Crippen LogP contribution in [0, 0.1) is 12.8 Å². The second-order valence-corrected chi connectivity index (χ2v) is 5.91. The van der Waals surface area contributed by atoms with Crippen LogP contribution in [0.4, 0.5) is 0 Å². The molecule has 1 aliphatic carbocycles. The Kier molecular flexibility index (Phi) is 3.22. The fourth-order valence-corrected chi connectivity index (χ4v) is 3.42. The van der Waals surface area contributed by atoms with Gasteiger partial charge in [0.15, 0.2) is 17.3 Å². The zero-order valence-electron chi connectivity index (χ0n) is 11.0. The maximum absolute atomic E-state index is 12.5. The van der Waals surface area contributed by atoms with E-state index in [1.807, 2.05) is 13.0 Å². The Balaban J connectivity index is 2.05. The highest BCUT2D eigenvalue weighted by Crippen LogP contribution is 2.28. The van der Waals surface area contributed by atoms with Gasteiger partial charge in [0.1, 0.15) is 5.92 Å². The van der Waals surface area contributed by atoms with Gasteiger partial charge in [0.05, 0.1) is 15.7 Å². The van der Waals surface area contributed by atoms with Crippen molar-refractivity contribution in [3.63, 3.8) is 0 Å². The van der Waals surface area contributed by atoms with Crippen LogP contribution in [-0.2, 0) is 9.59 Å². The Morgan fingerprint density at radius 1 is 1.25 bits per heavy atom. The average Bonchev–Trinajstić information content (AvgIpc) is 2.88. The van der Waals surface area contributed by atoms with Crippen LogP contribution >= 0.6 is 11.3 Å². The van der Waals surface area contributed by atoms with Crippen LogP contribution in [0.25, 0.3) is 10.2 Å². The van der Waals surface area contributed by atoms with E-state index >= 15 is 0 Å². The van der Waals surface area contributed by atoms with Crippen LogP contribution < -0.4 is 0 Å². The number of rotatable bonds is 2. The molecule has 0 aliphatic heterocycles. The van der Waals surface area contributed by atoms with E-state index in [1.54, 1.807) is 11.6 Å². The number of aryl methyl sites for hydroxylation is 1. The molecule has 0 unspecified atom stereocenters. The first-order chi connectivity index (χ1) is 9.59. The van der Waals surface area contributed by atoms with Crippen molar-refractivity contribution in [1.29, 1.82) is 0 Å². The lowest BCUT2D eigenvalue weighted by atomic mass is 9.81. The third-order valence-electron chi connectivity index (χ3n) is 3.77. The number of carbonyl (C=O) groups excluding carboxylic acids is 3. The van der Waals surface area contributed by atoms with Crippen LogP contribution in [0.2, 0.25) is 0 Å². The summed E-state index contributed by atoms with van der Waals surface area (Å²) in [6.07, 6.45) is 1.20. The minimum absolute atomic E-state index is 0.246. The molecule has 1 fully saturated rings. The quantitative estimate of drug-likeness (QED) is 0.629. The summed E-state index contributed by atoms with van der Waals surface area (Å²) in [6, 6.07) is 3.53. The van der Waals surface area contributed by atoms with Gasteiger partial charge in [-0.3, -0.25) is 14.4 Å². The van der Waals surface area contributed by atoms with Gasteiger partial charge in [0.25, 0.3) is 0 Å². The Morgan fingerprint density at radius 2 is 1.95 bits per heavy atom. The first-order valence-corrected chi connectivity index (χ1v) is 7.40. The highest BCUT2D eigenvalue weighted by atomic mass is 32.1. The SMILES string of the molecule is Cc1c(C(=O)C2C(=O)CCCC2=O)ccc2scnc12. The van der Waals surface area contributed by atoms with E-state index in [4.69, 9.17) is 0 Å². The molecule has 4 nitrogen and oxygen atoms in total. The number of hydrogen-bond donors (Lipinski definition) is 0. The normalized spacial score (nSPS) is 16.9. The van der Waals surface area contributed by atoms with Crippen LogP contribution in [0.5, 0.6) is 0 Å². The summed E-state index contributed by atoms with van der Waals surface area (Å²) in [5.41, 5.74) is 3.69. The summed E-state index contributed by atoms with van der Waals surface area (Å²) in [4.78, 5) is 40.6. The van der Waals surface area contributed by atoms with Gasteiger partial charge in [0.2, 0.25) is 0 Å². The first kappa shape index (κ1) is 13.1. The maximum atomic E-state index is 12.5. The van der Waals surface area contributed by atoms with Crippen molar-refractivity contribution in [2.45, 2.75) is 26.2 Å². The van der Waals surface area contributed by atoms with E-state index < -0.39 is 5.92 Å². The smallest absolute Gasteiger partial charge is 0.181 e. The summed E-state index contributed by atoms with van der Waals surface area (Å²) >= 11 is 1.50. The molecule has 20 heavy (non-hydrogen) atoms. The van der Waals surface area contributed by atoms with Crippen molar-refractivity contribution in [1.82, 2.24) is 4.98 Å². The van der Waals surface area contributed by atoms with Crippen LogP contribution in [0.3, 0.4) is 0 Å². The standard InChI is InChI=1S/C15H13NO3S/c1-8-9(5-6-12-14(8)16-7-20-12)15(19)13-10(17)3-2-4-11(13)18/h5-7,13H,2-4H2,1H3. The van der Waals surface area contributed by atoms with Gasteiger partial charge < -0.3 is 0 Å². The molecule has 0 radical (unpaired) electrons. The van der Waals surface area contributed by atoms with Gasteiger partial charge in [-0.25, -0.2) is 4.98 Å². The van der Waals surface area contributed by atoms with Crippen molar-refractivity contribution in [3.8, 4) is 0 Å². The molecule has 3 rings (SSSR count). The predicted molar refractivity (Wildman–Crippen MR) is 76.0 cm³/mol. The maximum Gasteiger partial charge on any atom is 0.181 e. The fraction of sp³-hybridized carbons (Fsp3) is 0.333. The number of carbonyl (C=O) groups is 3. The molecular formula is C15H13NO3S. The van der Waals surface area contributed by atoms with E-state index in [0.717, 1.165) is 15.8 Å². The molecule has 0 N–H and O–H groups in total. The van der Waals surface area contributed by atoms with Crippen LogP contribution in [0.15, 0.2) is 17.6 Å². The van der Waals surface area contributed by atoms with E-state index in [-0.39, 0.29) is 17.3 Å². The fourth-order valence-electron chi connectivity index (χ4n) is 2.69. The average molecular weight is 287 g/mol. The second-order valence-electron chi connectivity index (χ2n) is 5.02. The topological polar surface area (TPSA) is 64.1 Å². The number of aromatic nitrogens is 1. The number of benzene rings is 1. The molecule has 0 spiro atoms. The Labute approximate surface area is 119 Å². The van der Waals surface area contributed by atoms with E-state index in [9.17, 15) is 14.4 Å². The van der Waals surface area contributed by atoms with Gasteiger partial charge in [-0.2, -0.15) is 0 Å². The van der Waals surface area contributed by atoms with Gasteiger partial charge in [-0.1, -0.05) is 0 Å². The van der Waals surface area contributed by atoms with Crippen molar-refractivity contribution < 1.29 is 14.4 Å². The molecule has 1 aliphatic rings. The summed E-state index contributed by atoms with van der Waals surface area (Å²) in [7, 11) is 0. The lowest BCUT2D eigenvalue weighted by molar-refractivity contribution is -0.133. The molecule has 1 aromatic carbocycles. The summed E-state index contributed by atoms with van der Waals surface area (Å²) in [5, 5.41) is 0. The molecule has 2 aromatic rings. The molecule has 1 aromatic heterocycles. The summed E-state index contributed by atoms with van der Waals surface area (Å²) in [6.45, 7) is 1.81. The Hall–Kier alpha value is -1.88. The molecule has 0 bridgehead atoms. The van der Waals surface area contributed by atoms with E-state index in [2.05, 4.69) is 4.98 Å². The molecule has 5 heteroatoms. The molecule has 0 atom stereocenters. The van der Waals surface area contributed by atoms with Gasteiger partial charge in [-0.15, -0.1) is 11.3 Å². The van der Waals surface area contributed by atoms with Crippen molar-refractivity contribution in [3.05, 3.63) is 28.8 Å². The van der Waals surface area contributed by atoms with Gasteiger partial charge in [-0.05, 0) is 31.0 Å². The van der Waals surface area contributed by atoms with Crippen molar-refractivity contribution in [2.24, 2.45) is 5.92 Å². The zero-order valence-corrected chi connectivity index (χ0v) is 11.8. The minimum atomic E-state index is -1.10. The van der Waals surface area contributed by atoms with Gasteiger partial charge in [0, 0.05) is 18.4 Å². The number of thiazole rings is 1. The second kappa shape index (κ2) is 4.90. The monoisotopic (exact) mass is 287 g/mol. The number of hydrogen-bond acceptors (Lipinski definition) is 5. The summed E-state index contributed by atoms with van der Waals surface area (Å²) < 4.78 is 1.00. The molecule has 1 saturated carbocycles. The van der Waals surface area contributed by atoms with Gasteiger partial charge >= 0.3 is 0 Å². The number of nitrogens with zero attached hydrogens (tertiary/aromatic N) is 1. The van der Waals surface area contributed by atoms with Crippen molar-refractivity contribution >= 4 is 38.9 Å². The Bertz CT molecular complexity index is 716. The third kappa shape index (κ3) is 1.98. The lowest BCUT2D eigenvalue weighted by Gasteiger charge is -2.19. The van der Waals surface area contributed by atoms with Crippen molar-refractivity contribution in [2.75, 3.05) is 0 Å². The molecule has 102 valence electrons. The van der Waals surface area contributed by atoms with E-state index in [1.165, 1.54) is 11.3 Å². The summed E-state index contributed by atoms with van der Waals surface area (Å²) in [5.74, 6) is -1.96. The predicted octanol–water partition coefficient (Wildman–Crippen LogP) is 2.73. The third-order valence-corrected chi connectivity index (χ3v) is 4.57. The highest BCUT2D eigenvalue weighted by Gasteiger charge is 2.37. The number of fused-ring (bicyclic) bond motifs is 1. The number of Topliss-reactive ketones (excluding diaryl/α,β-unsaturated/α-hetero) is 3. The first-order valence-electron chi connectivity index (χ1n) is 6.52. The largest absolute Gasteiger partial charge is 0.298 e. The molecule has 0 amide bonds. The Morgan fingerprint density at radius 3 is 2.65 bits per heavy atom. The van der Waals surface area contributed by atoms with Crippen LogP contribution in [-0.4, -0.2) is 22.3 Å². The number of ketones is 3. The molecule has 0 saturated heterocycles. The molecule has 1 heterocycles. The lowest BCUT2D eigenvalue weighted by Crippen LogP contribution is -2.35.